The molecule has 7 rings (SSSR count). The van der Waals surface area contributed by atoms with Gasteiger partial charge in [-0.25, -0.2) is 9.37 Å². The van der Waals surface area contributed by atoms with Crippen LogP contribution in [0.4, 0.5) is 23.4 Å². The molecule has 2 aromatic heterocycles. The molecule has 0 atom stereocenters. The number of hydrogen-bond acceptors (Lipinski definition) is 6. The number of alkyl halides is 3. The molecule has 3 aliphatic heterocycles. The number of hydrogen-bond donors (Lipinski definition) is 0. The van der Waals surface area contributed by atoms with Crippen molar-refractivity contribution in [1.29, 1.82) is 0 Å². The molecule has 4 aliphatic rings. The Morgan fingerprint density at radius 2 is 1.84 bits per heavy atom. The Hall–Kier alpha value is -2.76. The van der Waals surface area contributed by atoms with E-state index < -0.39 is 24.9 Å². The standard InChI is InChI=1S/C26H25ClF4N6O/c1-15-4-21(32-8-19(15)28)35-11-24(12-35)6-17(7-24)23-34-33-22-10-36(25(13-38-14-25)26(29,30)31)9-16-5-18(27)2-3-20(16)37(22)23/h2-5,8,17H,6-7,9-14H2,1H3. The molecule has 0 N–H and O–H groups in total. The van der Waals surface area contributed by atoms with Gasteiger partial charge in [-0.15, -0.1) is 10.2 Å². The first-order valence-electron chi connectivity index (χ1n) is 12.6. The summed E-state index contributed by atoms with van der Waals surface area (Å²) in [6.45, 7) is 2.66. The van der Waals surface area contributed by atoms with Crippen molar-refractivity contribution in [2.45, 2.75) is 50.5 Å². The van der Waals surface area contributed by atoms with E-state index in [1.807, 2.05) is 10.6 Å². The van der Waals surface area contributed by atoms with E-state index >= 15 is 0 Å². The van der Waals surface area contributed by atoms with Gasteiger partial charge in [0.05, 0.1) is 31.6 Å². The molecule has 0 radical (unpaired) electrons. The Kier molecular flexibility index (Phi) is 5.19. The van der Waals surface area contributed by atoms with Crippen LogP contribution in [0.5, 0.6) is 0 Å². The number of pyridine rings is 1. The van der Waals surface area contributed by atoms with E-state index in [1.165, 1.54) is 11.1 Å². The lowest BCUT2D eigenvalue weighted by Gasteiger charge is -2.59. The molecule has 0 unspecified atom stereocenters. The van der Waals surface area contributed by atoms with Crippen LogP contribution >= 0.6 is 11.6 Å². The smallest absolute Gasteiger partial charge is 0.377 e. The molecule has 7 nitrogen and oxygen atoms in total. The molecule has 1 saturated carbocycles. The van der Waals surface area contributed by atoms with Crippen molar-refractivity contribution in [3.63, 3.8) is 0 Å². The van der Waals surface area contributed by atoms with Crippen LogP contribution in [0.3, 0.4) is 0 Å². The van der Waals surface area contributed by atoms with E-state index in [9.17, 15) is 17.6 Å². The van der Waals surface area contributed by atoms with Crippen LogP contribution < -0.4 is 4.90 Å². The third-order valence-electron chi connectivity index (χ3n) is 8.68. The van der Waals surface area contributed by atoms with Gasteiger partial charge < -0.3 is 9.64 Å². The van der Waals surface area contributed by atoms with Gasteiger partial charge in [0, 0.05) is 36.0 Å². The molecule has 0 bridgehead atoms. The summed E-state index contributed by atoms with van der Waals surface area (Å²) >= 11 is 6.28. The average molecular weight is 549 g/mol. The van der Waals surface area contributed by atoms with Crippen LogP contribution in [0.15, 0.2) is 30.5 Å². The Morgan fingerprint density at radius 3 is 2.50 bits per heavy atom. The normalized spacial score (nSPS) is 22.2. The lowest BCUT2D eigenvalue weighted by molar-refractivity contribution is -0.310. The van der Waals surface area contributed by atoms with Gasteiger partial charge in [0.25, 0.3) is 0 Å². The second kappa shape index (κ2) is 8.12. The van der Waals surface area contributed by atoms with Gasteiger partial charge in [-0.05, 0) is 55.2 Å². The van der Waals surface area contributed by atoms with Crippen LogP contribution in [0.2, 0.25) is 5.02 Å². The molecule has 1 aliphatic carbocycles. The Morgan fingerprint density at radius 1 is 1.08 bits per heavy atom. The van der Waals surface area contributed by atoms with Crippen LogP contribution in [-0.2, 0) is 17.8 Å². The van der Waals surface area contributed by atoms with Crippen molar-refractivity contribution >= 4 is 17.4 Å². The van der Waals surface area contributed by atoms with Crippen molar-refractivity contribution in [3.8, 4) is 5.69 Å². The Bertz CT molecular complexity index is 1420. The zero-order valence-electron chi connectivity index (χ0n) is 20.6. The first-order chi connectivity index (χ1) is 18.1. The molecule has 38 heavy (non-hydrogen) atoms. The van der Waals surface area contributed by atoms with Gasteiger partial charge in [0.1, 0.15) is 17.5 Å². The number of halogens is 5. The third-order valence-corrected chi connectivity index (χ3v) is 8.91. The van der Waals surface area contributed by atoms with Crippen LogP contribution in [-0.4, -0.2) is 62.7 Å². The third kappa shape index (κ3) is 3.51. The zero-order valence-corrected chi connectivity index (χ0v) is 21.4. The van der Waals surface area contributed by atoms with Crippen molar-refractivity contribution < 1.29 is 22.3 Å². The number of ether oxygens (including phenoxy) is 1. The van der Waals surface area contributed by atoms with E-state index in [-0.39, 0.29) is 30.2 Å². The number of aryl methyl sites for hydroxylation is 1. The maximum Gasteiger partial charge on any atom is 0.411 e. The molecule has 3 aromatic rings. The average Bonchev–Trinajstić information content (AvgIpc) is 3.08. The maximum atomic E-state index is 14.2. The van der Waals surface area contributed by atoms with E-state index in [0.29, 0.717) is 22.0 Å². The number of aromatic nitrogens is 4. The number of nitrogens with zero attached hydrogens (tertiary/aromatic N) is 6. The summed E-state index contributed by atoms with van der Waals surface area (Å²) in [6.07, 6.45) is -1.39. The van der Waals surface area contributed by atoms with Crippen LogP contribution in [0.25, 0.3) is 5.69 Å². The van der Waals surface area contributed by atoms with Gasteiger partial charge in [-0.1, -0.05) is 11.6 Å². The summed E-state index contributed by atoms with van der Waals surface area (Å²) in [5, 5.41) is 9.36. The minimum Gasteiger partial charge on any atom is -0.377 e. The molecule has 2 saturated heterocycles. The highest BCUT2D eigenvalue weighted by Crippen LogP contribution is 2.57. The summed E-state index contributed by atoms with van der Waals surface area (Å²) in [4.78, 5) is 7.79. The molecular formula is C26H25ClF4N6O. The van der Waals surface area contributed by atoms with E-state index in [1.54, 1.807) is 25.1 Å². The van der Waals surface area contributed by atoms with Gasteiger partial charge in [-0.2, -0.15) is 13.2 Å². The topological polar surface area (TPSA) is 59.3 Å². The second-order valence-corrected chi connectivity index (χ2v) is 11.7. The molecule has 5 heterocycles. The zero-order chi connectivity index (χ0) is 26.4. The highest BCUT2D eigenvalue weighted by Gasteiger charge is 2.64. The van der Waals surface area contributed by atoms with Gasteiger partial charge in [0.15, 0.2) is 11.4 Å². The van der Waals surface area contributed by atoms with Gasteiger partial charge in [-0.3, -0.25) is 9.47 Å². The van der Waals surface area contributed by atoms with E-state index in [0.717, 1.165) is 43.3 Å². The molecule has 3 fully saturated rings. The molecule has 1 aromatic carbocycles. The second-order valence-electron chi connectivity index (χ2n) is 11.2. The molecule has 200 valence electrons. The van der Waals surface area contributed by atoms with Gasteiger partial charge in [0.2, 0.25) is 0 Å². The summed E-state index contributed by atoms with van der Waals surface area (Å²) in [5.41, 5.74) is 0.115. The minimum absolute atomic E-state index is 0.00337. The monoisotopic (exact) mass is 548 g/mol. The predicted octanol–water partition coefficient (Wildman–Crippen LogP) is 4.79. The number of anilines is 1. The van der Waals surface area contributed by atoms with E-state index in [4.69, 9.17) is 16.3 Å². The largest absolute Gasteiger partial charge is 0.411 e. The first kappa shape index (κ1) is 24.3. The first-order valence-corrected chi connectivity index (χ1v) is 12.9. The van der Waals surface area contributed by atoms with Crippen LogP contribution in [0.1, 0.15) is 41.5 Å². The van der Waals surface area contributed by atoms with Crippen molar-refractivity contribution in [1.82, 2.24) is 24.6 Å². The highest BCUT2D eigenvalue weighted by molar-refractivity contribution is 6.30. The van der Waals surface area contributed by atoms with Crippen molar-refractivity contribution in [3.05, 3.63) is 64.1 Å². The maximum absolute atomic E-state index is 14.2. The summed E-state index contributed by atoms with van der Waals surface area (Å²) in [6, 6.07) is 7.10. The number of fused-ring (bicyclic) bond motifs is 3. The van der Waals surface area contributed by atoms with Crippen molar-refractivity contribution in [2.24, 2.45) is 5.41 Å². The summed E-state index contributed by atoms with van der Waals surface area (Å²) in [7, 11) is 0. The molecule has 0 amide bonds. The fraction of sp³-hybridized carbons (Fsp3) is 0.500. The van der Waals surface area contributed by atoms with E-state index in [2.05, 4.69) is 20.1 Å². The lowest BCUT2D eigenvalue weighted by atomic mass is 9.57. The fourth-order valence-corrected chi connectivity index (χ4v) is 6.66. The summed E-state index contributed by atoms with van der Waals surface area (Å²) in [5.74, 6) is 1.86. The Labute approximate surface area is 221 Å². The molecule has 1 spiro atoms. The van der Waals surface area contributed by atoms with Gasteiger partial charge >= 0.3 is 6.18 Å². The predicted molar refractivity (Wildman–Crippen MR) is 131 cm³/mol. The SMILES string of the molecule is Cc1cc(N2CC3(CC(c4nnc5n4-c4ccc(Cl)cc4CN(C4(C(F)(F)F)COC4)C5)C3)C2)ncc1F. The van der Waals surface area contributed by atoms with Crippen molar-refractivity contribution in [2.75, 3.05) is 31.2 Å². The van der Waals surface area contributed by atoms with Crippen LogP contribution in [0, 0.1) is 18.2 Å². The fourth-order valence-electron chi connectivity index (χ4n) is 6.46. The minimum atomic E-state index is -4.45. The number of rotatable bonds is 3. The lowest BCUT2D eigenvalue weighted by Crippen LogP contribution is -2.69. The quantitative estimate of drug-likeness (QED) is 0.439. The molecular weight excluding hydrogens is 524 g/mol. The Balaban J connectivity index is 1.16. The molecule has 12 heteroatoms. The highest BCUT2D eigenvalue weighted by atomic mass is 35.5. The number of benzene rings is 1. The summed E-state index contributed by atoms with van der Waals surface area (Å²) < 4.78 is 63.3.